The van der Waals surface area contributed by atoms with E-state index in [0.29, 0.717) is 23.4 Å². The van der Waals surface area contributed by atoms with Gasteiger partial charge >= 0.3 is 22.1 Å². The molecule has 4 rings (SSSR count). The highest BCUT2D eigenvalue weighted by Gasteiger charge is 2.37. The first-order chi connectivity index (χ1) is 17.1. The van der Waals surface area contributed by atoms with Gasteiger partial charge in [-0.2, -0.15) is 26.7 Å². The molecule has 1 aliphatic rings. The van der Waals surface area contributed by atoms with E-state index in [1.165, 1.54) is 0 Å². The molecule has 0 spiro atoms. The number of carbonyl (C=O) groups excluding carboxylic acids is 1. The number of nitrogen functional groups attached to an aromatic ring is 1. The Bertz CT molecular complexity index is 1470. The summed E-state index contributed by atoms with van der Waals surface area (Å²) in [5.74, 6) is -0.882. The van der Waals surface area contributed by atoms with Crippen LogP contribution in [0.1, 0.15) is 29.8 Å². The summed E-state index contributed by atoms with van der Waals surface area (Å²) in [5, 5.41) is 13.5. The molecule has 37 heavy (non-hydrogen) atoms. The van der Waals surface area contributed by atoms with E-state index >= 15 is 0 Å². The summed E-state index contributed by atoms with van der Waals surface area (Å²) >= 11 is 11.5. The van der Waals surface area contributed by atoms with Crippen LogP contribution in [0.5, 0.6) is 0 Å². The summed E-state index contributed by atoms with van der Waals surface area (Å²) in [4.78, 5) is 21.9. The second kappa shape index (κ2) is 10.1. The molecule has 0 aliphatic carbocycles. The average Bonchev–Trinajstić information content (AvgIpc) is 3.13. The average molecular weight is 581 g/mol. The number of hydrogen-bond acceptors (Lipinski definition) is 7. The quantitative estimate of drug-likeness (QED) is 0.330. The number of nitrogens with zero attached hydrogens (tertiary/aromatic N) is 4. The zero-order valence-corrected chi connectivity index (χ0v) is 21.2. The molecule has 198 valence electrons. The number of carbonyl (C=O) groups is 1. The van der Waals surface area contributed by atoms with Crippen molar-refractivity contribution < 1.29 is 31.3 Å². The number of alkyl halides is 3. The van der Waals surface area contributed by atoms with Gasteiger partial charge in [0.2, 0.25) is 5.82 Å². The monoisotopic (exact) mass is 580 g/mol. The Morgan fingerprint density at radius 3 is 2.22 bits per heavy atom. The molecule has 0 saturated heterocycles. The van der Waals surface area contributed by atoms with Crippen LogP contribution < -0.4 is 10.5 Å². The summed E-state index contributed by atoms with van der Waals surface area (Å²) in [5.41, 5.74) is 4.50. The molecule has 1 amide bonds. The molecule has 0 atom stereocenters. The minimum Gasteiger partial charge on any atom is -0.378 e. The predicted octanol–water partition coefficient (Wildman–Crippen LogP) is 4.90. The molecule has 2 heterocycles. The number of nitrogens with two attached hydrogens (primary N) is 1. The van der Waals surface area contributed by atoms with Crippen LogP contribution in [0.25, 0.3) is 5.69 Å². The number of nitro groups is 1. The molecule has 3 N–H and O–H groups in total. The third-order valence-corrected chi connectivity index (χ3v) is 7.02. The first-order valence-electron chi connectivity index (χ1n) is 10.1. The second-order valence-electron chi connectivity index (χ2n) is 7.72. The molecule has 0 radical (unpaired) electrons. The van der Waals surface area contributed by atoms with Crippen molar-refractivity contribution >= 4 is 56.5 Å². The first-order valence-corrected chi connectivity index (χ1v) is 12.3. The smallest absolute Gasteiger partial charge is 0.378 e. The van der Waals surface area contributed by atoms with E-state index in [-0.39, 0.29) is 15.7 Å². The minimum absolute atomic E-state index is 0.170. The van der Waals surface area contributed by atoms with Crippen LogP contribution in [0.15, 0.2) is 42.6 Å². The summed E-state index contributed by atoms with van der Waals surface area (Å²) in [6.07, 6.45) is -3.78. The number of para-hydroxylation sites is 1. The van der Waals surface area contributed by atoms with E-state index in [1.54, 1.807) is 38.1 Å². The molecule has 0 fully saturated rings. The van der Waals surface area contributed by atoms with Gasteiger partial charge in [0, 0.05) is 6.04 Å². The highest BCUT2D eigenvalue weighted by atomic mass is 35.5. The van der Waals surface area contributed by atoms with Crippen molar-refractivity contribution in [2.24, 2.45) is 0 Å². The second-order valence-corrected chi connectivity index (χ2v) is 10.1. The van der Waals surface area contributed by atoms with Gasteiger partial charge in [0.05, 0.1) is 31.8 Å². The minimum atomic E-state index is -4.63. The van der Waals surface area contributed by atoms with E-state index in [1.807, 2.05) is 0 Å². The van der Waals surface area contributed by atoms with Gasteiger partial charge in [-0.05, 0) is 38.1 Å². The number of fused-ring (bicyclic) bond motifs is 1. The summed E-state index contributed by atoms with van der Waals surface area (Å²) < 4.78 is 65.5. The molecule has 1 aromatic heterocycles. The Hall–Kier alpha value is -3.56. The Morgan fingerprint density at radius 2 is 1.73 bits per heavy atom. The maximum absolute atomic E-state index is 12.6. The van der Waals surface area contributed by atoms with Crippen molar-refractivity contribution in [3.05, 3.63) is 73.9 Å². The van der Waals surface area contributed by atoms with Gasteiger partial charge in [-0.15, -0.1) is 0 Å². The highest BCUT2D eigenvalue weighted by Crippen LogP contribution is 2.39. The lowest BCUT2D eigenvalue weighted by Gasteiger charge is -2.31. The lowest BCUT2D eigenvalue weighted by atomic mass is 10.1. The molecular weight excluding hydrogens is 564 g/mol. The van der Waals surface area contributed by atoms with Gasteiger partial charge < -0.3 is 5.73 Å². The SMILES string of the molecule is CC(C)N1C(=O)c2ccccc2NS1(=O)=O.Nc1c([N+](=O)[O-])cnn1-c1c(Cl)cc(C(F)(F)F)cc1Cl. The van der Waals surface area contributed by atoms with Crippen LogP contribution in [0.3, 0.4) is 0 Å². The van der Waals surface area contributed by atoms with Crippen molar-refractivity contribution in [1.29, 1.82) is 0 Å². The van der Waals surface area contributed by atoms with E-state index < -0.39 is 50.3 Å². The van der Waals surface area contributed by atoms with Crippen molar-refractivity contribution in [2.75, 3.05) is 10.5 Å². The number of aromatic nitrogens is 2. The maximum atomic E-state index is 12.6. The Labute approximate surface area is 217 Å². The standard InChI is InChI=1S/C10H5Cl2F3N4O2.C10H12N2O3S/c11-5-1-4(10(13,14)15)2-6(12)8(5)18-9(16)7(3-17-18)19(20)21;1-7(2)12-10(13)8-5-3-4-6-9(8)11-16(12,14)15/h1-3H,16H2;3-7,11H,1-2H3. The third-order valence-electron chi connectivity index (χ3n) is 4.86. The lowest BCUT2D eigenvalue weighted by molar-refractivity contribution is -0.383. The zero-order valence-electron chi connectivity index (χ0n) is 18.8. The number of nitrogens with one attached hydrogen (secondary N) is 1. The fourth-order valence-corrected chi connectivity index (χ4v) is 5.36. The zero-order chi connectivity index (χ0) is 27.9. The molecule has 0 saturated carbocycles. The number of rotatable bonds is 3. The number of benzene rings is 2. The predicted molar refractivity (Wildman–Crippen MR) is 130 cm³/mol. The Kier molecular flexibility index (Phi) is 7.62. The number of halogens is 5. The summed E-state index contributed by atoms with van der Waals surface area (Å²) in [7, 11) is -3.75. The van der Waals surface area contributed by atoms with Crippen molar-refractivity contribution in [1.82, 2.24) is 14.1 Å². The fraction of sp³-hybridized carbons (Fsp3) is 0.200. The van der Waals surface area contributed by atoms with Crippen molar-refractivity contribution in [3.8, 4) is 5.69 Å². The molecule has 0 unspecified atom stereocenters. The van der Waals surface area contributed by atoms with E-state index in [2.05, 4.69) is 9.82 Å². The largest absolute Gasteiger partial charge is 0.416 e. The highest BCUT2D eigenvalue weighted by molar-refractivity contribution is 7.91. The lowest BCUT2D eigenvalue weighted by Crippen LogP contribution is -2.48. The topological polar surface area (TPSA) is 153 Å². The van der Waals surface area contributed by atoms with Gasteiger partial charge in [-0.1, -0.05) is 35.3 Å². The van der Waals surface area contributed by atoms with Gasteiger partial charge in [0.1, 0.15) is 11.9 Å². The molecule has 3 aromatic rings. The van der Waals surface area contributed by atoms with Gasteiger partial charge in [-0.25, -0.2) is 8.99 Å². The molecule has 17 heteroatoms. The molecule has 1 aliphatic heterocycles. The number of anilines is 2. The van der Waals surface area contributed by atoms with Crippen LogP contribution in [0.2, 0.25) is 10.0 Å². The van der Waals surface area contributed by atoms with E-state index in [0.717, 1.165) is 15.2 Å². The van der Waals surface area contributed by atoms with Crippen molar-refractivity contribution in [3.63, 3.8) is 0 Å². The third kappa shape index (κ3) is 5.57. The first kappa shape index (κ1) is 28.0. The molecular formula is C20H17Cl2F3N6O5S. The van der Waals surface area contributed by atoms with Gasteiger partial charge in [0.25, 0.3) is 5.91 Å². The van der Waals surface area contributed by atoms with Gasteiger partial charge in [-0.3, -0.25) is 19.6 Å². The van der Waals surface area contributed by atoms with Crippen LogP contribution in [-0.2, 0) is 16.4 Å². The number of hydrogen-bond donors (Lipinski definition) is 2. The molecule has 2 aromatic carbocycles. The normalized spacial score (nSPS) is 14.5. The Morgan fingerprint density at radius 1 is 1.16 bits per heavy atom. The van der Waals surface area contributed by atoms with Gasteiger partial charge in [0.15, 0.2) is 0 Å². The fourth-order valence-electron chi connectivity index (χ4n) is 3.29. The van der Waals surface area contributed by atoms with E-state index in [9.17, 15) is 36.5 Å². The van der Waals surface area contributed by atoms with Crippen LogP contribution in [0.4, 0.5) is 30.4 Å². The number of amides is 1. The van der Waals surface area contributed by atoms with Crippen LogP contribution >= 0.6 is 23.2 Å². The maximum Gasteiger partial charge on any atom is 0.416 e. The summed E-state index contributed by atoms with van der Waals surface area (Å²) in [6.45, 7) is 3.32. The molecule has 0 bridgehead atoms. The van der Waals surface area contributed by atoms with E-state index in [4.69, 9.17) is 28.9 Å². The summed E-state index contributed by atoms with van der Waals surface area (Å²) in [6, 6.07) is 7.43. The van der Waals surface area contributed by atoms with Crippen molar-refractivity contribution in [2.45, 2.75) is 26.1 Å². The van der Waals surface area contributed by atoms with Crippen LogP contribution in [-0.4, -0.2) is 39.4 Å². The van der Waals surface area contributed by atoms with Crippen LogP contribution in [0, 0.1) is 10.1 Å². The molecule has 11 nitrogen and oxygen atoms in total. The Balaban J connectivity index is 0.000000213.